The molecule has 0 spiro atoms. The molecule has 2 amide bonds. The average Bonchev–Trinajstić information content (AvgIpc) is 2.17. The summed E-state index contributed by atoms with van der Waals surface area (Å²) in [4.78, 5) is 26.2. The van der Waals surface area contributed by atoms with E-state index in [1.54, 1.807) is 18.2 Å². The molecule has 6 heteroatoms. The lowest BCUT2D eigenvalue weighted by Gasteiger charge is -2.05. The summed E-state index contributed by atoms with van der Waals surface area (Å²) in [5.74, 6) is -1.19. The van der Waals surface area contributed by atoms with Gasteiger partial charge in [-0.1, -0.05) is 12.1 Å². The van der Waals surface area contributed by atoms with Crippen LogP contribution in [0.2, 0.25) is 0 Å². The number of carbonyl (C=O) groups excluding carboxylic acids is 2. The first-order valence-corrected chi connectivity index (χ1v) is 4.16. The number of hydroxylamine groups is 1. The lowest BCUT2D eigenvalue weighted by Crippen LogP contribution is -2.29. The standard InChI is InChI=1S/C9H11N3O3/c10-7-4-2-1-3-6(7)9(14)12-15-5-8(11)13/h1-4H,5,10H2,(H2,11,13)(H,12,14). The van der Waals surface area contributed by atoms with E-state index in [1.165, 1.54) is 6.07 Å². The molecule has 0 radical (unpaired) electrons. The Balaban J connectivity index is 2.54. The summed E-state index contributed by atoms with van der Waals surface area (Å²) >= 11 is 0. The van der Waals surface area contributed by atoms with Crippen molar-refractivity contribution in [3.8, 4) is 0 Å². The molecule has 6 nitrogen and oxygen atoms in total. The Kier molecular flexibility index (Phi) is 3.64. The Labute approximate surface area is 86.1 Å². The average molecular weight is 209 g/mol. The maximum absolute atomic E-state index is 11.4. The number of hydrogen-bond donors (Lipinski definition) is 3. The van der Waals surface area contributed by atoms with Gasteiger partial charge in [-0.05, 0) is 12.1 Å². The molecule has 0 aliphatic carbocycles. The van der Waals surface area contributed by atoms with Crippen LogP contribution in [0.5, 0.6) is 0 Å². The number of rotatable bonds is 4. The van der Waals surface area contributed by atoms with Gasteiger partial charge >= 0.3 is 0 Å². The van der Waals surface area contributed by atoms with Crippen LogP contribution >= 0.6 is 0 Å². The highest BCUT2D eigenvalue weighted by molar-refractivity contribution is 5.98. The van der Waals surface area contributed by atoms with Crippen molar-refractivity contribution in [2.45, 2.75) is 0 Å². The van der Waals surface area contributed by atoms with Crippen molar-refractivity contribution in [2.24, 2.45) is 5.73 Å². The molecular formula is C9H11N3O3. The van der Waals surface area contributed by atoms with Crippen molar-refractivity contribution in [1.29, 1.82) is 0 Å². The number of nitrogens with two attached hydrogens (primary N) is 2. The molecule has 15 heavy (non-hydrogen) atoms. The molecule has 0 fully saturated rings. The number of benzene rings is 1. The Bertz CT molecular complexity index is 379. The largest absolute Gasteiger partial charge is 0.398 e. The van der Waals surface area contributed by atoms with E-state index in [0.29, 0.717) is 5.69 Å². The van der Waals surface area contributed by atoms with Gasteiger partial charge in [-0.25, -0.2) is 5.48 Å². The van der Waals surface area contributed by atoms with Gasteiger partial charge in [0.15, 0.2) is 6.61 Å². The number of primary amides is 1. The SMILES string of the molecule is NC(=O)CONC(=O)c1ccccc1N. The predicted octanol–water partition coefficient (Wildman–Crippen LogP) is -0.584. The maximum atomic E-state index is 11.4. The number of anilines is 1. The van der Waals surface area contributed by atoms with Gasteiger partial charge in [0.2, 0.25) is 5.91 Å². The first-order valence-electron chi connectivity index (χ1n) is 4.16. The first kappa shape index (κ1) is 11.0. The van der Waals surface area contributed by atoms with Crippen molar-refractivity contribution in [2.75, 3.05) is 12.3 Å². The summed E-state index contributed by atoms with van der Waals surface area (Å²) < 4.78 is 0. The molecule has 0 saturated heterocycles. The second-order valence-corrected chi connectivity index (χ2v) is 2.77. The van der Waals surface area contributed by atoms with Crippen LogP contribution in [-0.2, 0) is 9.63 Å². The van der Waals surface area contributed by atoms with Crippen molar-refractivity contribution in [3.05, 3.63) is 29.8 Å². The number of nitrogens with one attached hydrogen (secondary N) is 1. The molecule has 0 atom stereocenters. The molecule has 80 valence electrons. The molecule has 0 saturated carbocycles. The third kappa shape index (κ3) is 3.28. The minimum atomic E-state index is -0.670. The van der Waals surface area contributed by atoms with Crippen molar-refractivity contribution >= 4 is 17.5 Å². The normalized spacial score (nSPS) is 9.60. The smallest absolute Gasteiger partial charge is 0.276 e. The Hall–Kier alpha value is -2.08. The molecule has 5 N–H and O–H groups in total. The topological polar surface area (TPSA) is 107 Å². The molecule has 0 aromatic heterocycles. The minimum absolute atomic E-state index is 0.280. The van der Waals surface area contributed by atoms with Crippen LogP contribution in [0.4, 0.5) is 5.69 Å². The van der Waals surface area contributed by atoms with E-state index in [0.717, 1.165) is 0 Å². The third-order valence-corrected chi connectivity index (χ3v) is 1.58. The summed E-state index contributed by atoms with van der Waals surface area (Å²) in [6, 6.07) is 6.50. The van der Waals surface area contributed by atoms with Gasteiger partial charge in [-0.15, -0.1) is 0 Å². The van der Waals surface area contributed by atoms with Crippen LogP contribution in [0.1, 0.15) is 10.4 Å². The Morgan fingerprint density at radius 2 is 2.00 bits per heavy atom. The highest BCUT2D eigenvalue weighted by Crippen LogP contribution is 2.09. The number of nitrogen functional groups attached to an aromatic ring is 1. The van der Waals surface area contributed by atoms with Gasteiger partial charge in [-0.2, -0.15) is 0 Å². The molecule has 0 unspecified atom stereocenters. The fourth-order valence-electron chi connectivity index (χ4n) is 0.932. The minimum Gasteiger partial charge on any atom is -0.398 e. The lowest BCUT2D eigenvalue weighted by atomic mass is 10.2. The fourth-order valence-corrected chi connectivity index (χ4v) is 0.932. The van der Waals surface area contributed by atoms with E-state index in [9.17, 15) is 9.59 Å². The van der Waals surface area contributed by atoms with Crippen LogP contribution in [0.15, 0.2) is 24.3 Å². The predicted molar refractivity (Wildman–Crippen MR) is 53.5 cm³/mol. The Morgan fingerprint density at radius 1 is 1.33 bits per heavy atom. The van der Waals surface area contributed by atoms with Gasteiger partial charge in [0, 0.05) is 5.69 Å². The number of amides is 2. The van der Waals surface area contributed by atoms with E-state index >= 15 is 0 Å². The fraction of sp³-hybridized carbons (Fsp3) is 0.111. The van der Waals surface area contributed by atoms with Crippen molar-refractivity contribution in [1.82, 2.24) is 5.48 Å². The van der Waals surface area contributed by atoms with E-state index in [2.05, 4.69) is 10.3 Å². The summed E-state index contributed by atoms with van der Waals surface area (Å²) in [7, 11) is 0. The second kappa shape index (κ2) is 4.97. The summed E-state index contributed by atoms with van der Waals surface area (Å²) in [6.45, 7) is -0.377. The molecule has 1 aromatic rings. The van der Waals surface area contributed by atoms with Gasteiger partial charge in [0.05, 0.1) is 5.56 Å². The quantitative estimate of drug-likeness (QED) is 0.455. The van der Waals surface area contributed by atoms with Crippen LogP contribution in [-0.4, -0.2) is 18.4 Å². The zero-order chi connectivity index (χ0) is 11.3. The third-order valence-electron chi connectivity index (χ3n) is 1.58. The Morgan fingerprint density at radius 3 is 2.60 bits per heavy atom. The maximum Gasteiger partial charge on any atom is 0.276 e. The van der Waals surface area contributed by atoms with Crippen molar-refractivity contribution in [3.63, 3.8) is 0 Å². The van der Waals surface area contributed by atoms with Gasteiger partial charge < -0.3 is 11.5 Å². The van der Waals surface area contributed by atoms with Gasteiger partial charge in [0.25, 0.3) is 5.91 Å². The van der Waals surface area contributed by atoms with E-state index in [-0.39, 0.29) is 12.2 Å². The molecule has 0 heterocycles. The molecule has 1 aromatic carbocycles. The van der Waals surface area contributed by atoms with E-state index < -0.39 is 11.8 Å². The summed E-state index contributed by atoms with van der Waals surface area (Å²) in [5.41, 5.74) is 13.0. The van der Waals surface area contributed by atoms with Crippen LogP contribution < -0.4 is 16.9 Å². The number of hydrogen-bond acceptors (Lipinski definition) is 4. The molecule has 1 rings (SSSR count). The zero-order valence-corrected chi connectivity index (χ0v) is 7.90. The zero-order valence-electron chi connectivity index (χ0n) is 7.90. The van der Waals surface area contributed by atoms with Gasteiger partial charge in [-0.3, -0.25) is 14.4 Å². The van der Waals surface area contributed by atoms with Crippen molar-refractivity contribution < 1.29 is 14.4 Å². The summed E-state index contributed by atoms with van der Waals surface area (Å²) in [6.07, 6.45) is 0. The second-order valence-electron chi connectivity index (χ2n) is 2.77. The molecule has 0 bridgehead atoms. The van der Waals surface area contributed by atoms with Crippen LogP contribution in [0, 0.1) is 0 Å². The van der Waals surface area contributed by atoms with Crippen LogP contribution in [0.3, 0.4) is 0 Å². The molecule has 0 aliphatic heterocycles. The van der Waals surface area contributed by atoms with Gasteiger partial charge in [0.1, 0.15) is 0 Å². The van der Waals surface area contributed by atoms with E-state index in [4.69, 9.17) is 11.5 Å². The molecule has 0 aliphatic rings. The summed E-state index contributed by atoms with van der Waals surface area (Å²) in [5, 5.41) is 0. The lowest BCUT2D eigenvalue weighted by molar-refractivity contribution is -0.124. The number of para-hydroxylation sites is 1. The molecular weight excluding hydrogens is 198 g/mol. The highest BCUT2D eigenvalue weighted by Gasteiger charge is 2.08. The van der Waals surface area contributed by atoms with Crippen LogP contribution in [0.25, 0.3) is 0 Å². The number of carbonyl (C=O) groups is 2. The monoisotopic (exact) mass is 209 g/mol. The van der Waals surface area contributed by atoms with E-state index in [1.807, 2.05) is 0 Å². The highest BCUT2D eigenvalue weighted by atomic mass is 16.7. The first-order chi connectivity index (χ1) is 7.11.